The predicted molar refractivity (Wildman–Crippen MR) is 83.9 cm³/mol. The lowest BCUT2D eigenvalue weighted by atomic mass is 10.0. The summed E-state index contributed by atoms with van der Waals surface area (Å²) in [6, 6.07) is 7.73. The average molecular weight is 260 g/mol. The summed E-state index contributed by atoms with van der Waals surface area (Å²) >= 11 is 0. The van der Waals surface area contributed by atoms with Crippen molar-refractivity contribution in [2.24, 2.45) is 0 Å². The molecule has 0 aromatic heterocycles. The highest BCUT2D eigenvalue weighted by atomic mass is 15.0. The summed E-state index contributed by atoms with van der Waals surface area (Å²) in [5.41, 5.74) is 4.04. The van der Waals surface area contributed by atoms with E-state index in [2.05, 4.69) is 49.6 Å². The highest BCUT2D eigenvalue weighted by molar-refractivity contribution is 5.54. The van der Waals surface area contributed by atoms with Crippen LogP contribution in [0.3, 0.4) is 0 Å². The summed E-state index contributed by atoms with van der Waals surface area (Å²) in [6.07, 6.45) is 6.66. The Labute approximate surface area is 118 Å². The van der Waals surface area contributed by atoms with Gasteiger partial charge in [-0.05, 0) is 63.8 Å². The fraction of sp³-hybridized carbons (Fsp3) is 0.647. The van der Waals surface area contributed by atoms with Crippen LogP contribution in [0.4, 0.5) is 5.69 Å². The second-order valence-electron chi connectivity index (χ2n) is 6.03. The van der Waals surface area contributed by atoms with Gasteiger partial charge in [-0.25, -0.2) is 0 Å². The summed E-state index contributed by atoms with van der Waals surface area (Å²) in [4.78, 5) is 0. The highest BCUT2D eigenvalue weighted by Gasteiger charge is 2.15. The Bertz CT molecular complexity index is 392. The Kier molecular flexibility index (Phi) is 5.26. The zero-order valence-electron chi connectivity index (χ0n) is 12.6. The number of aryl methyl sites for hydroxylation is 1. The van der Waals surface area contributed by atoms with Gasteiger partial charge in [0.2, 0.25) is 0 Å². The van der Waals surface area contributed by atoms with Crippen molar-refractivity contribution in [2.75, 3.05) is 11.9 Å². The van der Waals surface area contributed by atoms with Crippen LogP contribution < -0.4 is 10.6 Å². The lowest BCUT2D eigenvalue weighted by Gasteiger charge is -2.23. The van der Waals surface area contributed by atoms with Crippen LogP contribution in [-0.2, 0) is 0 Å². The van der Waals surface area contributed by atoms with Gasteiger partial charge in [0.05, 0.1) is 0 Å². The third-order valence-corrected chi connectivity index (χ3v) is 4.31. The van der Waals surface area contributed by atoms with E-state index in [1.54, 1.807) is 0 Å². The van der Waals surface area contributed by atoms with Crippen LogP contribution in [0.5, 0.6) is 0 Å². The molecule has 19 heavy (non-hydrogen) atoms. The smallest absolute Gasteiger partial charge is 0.0374 e. The van der Waals surface area contributed by atoms with Crippen molar-refractivity contribution in [1.29, 1.82) is 0 Å². The zero-order valence-corrected chi connectivity index (χ0v) is 12.6. The first kappa shape index (κ1) is 14.4. The third kappa shape index (κ3) is 4.24. The summed E-state index contributed by atoms with van der Waals surface area (Å²) in [5.74, 6) is 0. The molecule has 2 nitrogen and oxygen atoms in total. The van der Waals surface area contributed by atoms with Gasteiger partial charge in [-0.3, -0.25) is 0 Å². The van der Waals surface area contributed by atoms with Crippen LogP contribution in [0.15, 0.2) is 18.2 Å². The van der Waals surface area contributed by atoms with Crippen molar-refractivity contribution >= 4 is 5.69 Å². The van der Waals surface area contributed by atoms with E-state index in [4.69, 9.17) is 0 Å². The monoisotopic (exact) mass is 260 g/mol. The number of anilines is 1. The number of hydrogen-bond donors (Lipinski definition) is 2. The van der Waals surface area contributed by atoms with Crippen molar-refractivity contribution in [3.63, 3.8) is 0 Å². The van der Waals surface area contributed by atoms with Gasteiger partial charge in [0, 0.05) is 17.8 Å². The number of hydrogen-bond acceptors (Lipinski definition) is 2. The maximum atomic E-state index is 3.68. The Morgan fingerprint density at radius 3 is 2.95 bits per heavy atom. The van der Waals surface area contributed by atoms with Crippen molar-refractivity contribution in [2.45, 2.75) is 65.0 Å². The SMILES string of the molecule is Cc1cccc(NC(C)CC2CCCCCN2)c1C. The van der Waals surface area contributed by atoms with E-state index in [1.807, 2.05) is 0 Å². The normalized spacial score (nSPS) is 21.7. The van der Waals surface area contributed by atoms with Crippen LogP contribution in [-0.4, -0.2) is 18.6 Å². The Balaban J connectivity index is 1.89. The molecule has 2 unspecified atom stereocenters. The number of rotatable bonds is 4. The zero-order chi connectivity index (χ0) is 13.7. The minimum absolute atomic E-state index is 0.524. The Hall–Kier alpha value is -1.02. The molecule has 1 aromatic carbocycles. The molecule has 0 aliphatic carbocycles. The molecular weight excluding hydrogens is 232 g/mol. The summed E-state index contributed by atoms with van der Waals surface area (Å²) in [6.45, 7) is 7.88. The Morgan fingerprint density at radius 1 is 1.26 bits per heavy atom. The maximum absolute atomic E-state index is 3.68. The molecule has 2 heteroatoms. The van der Waals surface area contributed by atoms with Gasteiger partial charge in [-0.1, -0.05) is 25.0 Å². The molecular formula is C17H28N2. The minimum atomic E-state index is 0.524. The lowest BCUT2D eigenvalue weighted by molar-refractivity contribution is 0.456. The Morgan fingerprint density at radius 2 is 2.11 bits per heavy atom. The predicted octanol–water partition coefficient (Wildman–Crippen LogP) is 4.03. The van der Waals surface area contributed by atoms with E-state index in [0.29, 0.717) is 12.1 Å². The molecule has 1 aliphatic rings. The second kappa shape index (κ2) is 6.95. The fourth-order valence-corrected chi connectivity index (χ4v) is 2.96. The average Bonchev–Trinajstić information content (AvgIpc) is 2.63. The lowest BCUT2D eigenvalue weighted by Crippen LogP contribution is -2.33. The second-order valence-corrected chi connectivity index (χ2v) is 6.03. The molecule has 1 aliphatic heterocycles. The fourth-order valence-electron chi connectivity index (χ4n) is 2.96. The summed E-state index contributed by atoms with van der Waals surface area (Å²) < 4.78 is 0. The molecule has 1 aromatic rings. The van der Waals surface area contributed by atoms with E-state index in [0.717, 1.165) is 0 Å². The van der Waals surface area contributed by atoms with Gasteiger partial charge in [-0.15, -0.1) is 0 Å². The van der Waals surface area contributed by atoms with Gasteiger partial charge < -0.3 is 10.6 Å². The van der Waals surface area contributed by atoms with E-state index >= 15 is 0 Å². The molecule has 2 rings (SSSR count). The van der Waals surface area contributed by atoms with Gasteiger partial charge in [0.15, 0.2) is 0 Å². The van der Waals surface area contributed by atoms with Crippen molar-refractivity contribution in [3.8, 4) is 0 Å². The summed E-state index contributed by atoms with van der Waals surface area (Å²) in [5, 5.41) is 7.36. The topological polar surface area (TPSA) is 24.1 Å². The molecule has 0 saturated carbocycles. The molecule has 1 fully saturated rings. The molecule has 0 bridgehead atoms. The quantitative estimate of drug-likeness (QED) is 0.854. The molecule has 2 N–H and O–H groups in total. The molecule has 0 spiro atoms. The molecule has 2 atom stereocenters. The first-order valence-electron chi connectivity index (χ1n) is 7.73. The van der Waals surface area contributed by atoms with Gasteiger partial charge >= 0.3 is 0 Å². The standard InChI is InChI=1S/C17H28N2/c1-13-8-7-10-17(15(13)3)19-14(2)12-16-9-5-4-6-11-18-16/h7-8,10,14,16,18-19H,4-6,9,11-12H2,1-3H3. The van der Waals surface area contributed by atoms with E-state index < -0.39 is 0 Å². The first-order chi connectivity index (χ1) is 9.16. The van der Waals surface area contributed by atoms with Crippen LogP contribution in [0, 0.1) is 13.8 Å². The highest BCUT2D eigenvalue weighted by Crippen LogP contribution is 2.20. The first-order valence-corrected chi connectivity index (χ1v) is 7.73. The number of nitrogens with one attached hydrogen (secondary N) is 2. The van der Waals surface area contributed by atoms with Gasteiger partial charge in [-0.2, -0.15) is 0 Å². The van der Waals surface area contributed by atoms with Gasteiger partial charge in [0.1, 0.15) is 0 Å². The van der Waals surface area contributed by atoms with Gasteiger partial charge in [0.25, 0.3) is 0 Å². The molecule has 1 saturated heterocycles. The molecule has 0 amide bonds. The van der Waals surface area contributed by atoms with E-state index in [-0.39, 0.29) is 0 Å². The van der Waals surface area contributed by atoms with Crippen molar-refractivity contribution < 1.29 is 0 Å². The van der Waals surface area contributed by atoms with E-state index in [1.165, 1.54) is 55.5 Å². The van der Waals surface area contributed by atoms with Crippen LogP contribution in [0.2, 0.25) is 0 Å². The third-order valence-electron chi connectivity index (χ3n) is 4.31. The summed E-state index contributed by atoms with van der Waals surface area (Å²) in [7, 11) is 0. The minimum Gasteiger partial charge on any atom is -0.382 e. The largest absolute Gasteiger partial charge is 0.382 e. The van der Waals surface area contributed by atoms with Crippen molar-refractivity contribution in [3.05, 3.63) is 29.3 Å². The van der Waals surface area contributed by atoms with E-state index in [9.17, 15) is 0 Å². The van der Waals surface area contributed by atoms with Crippen LogP contribution >= 0.6 is 0 Å². The molecule has 0 radical (unpaired) electrons. The maximum Gasteiger partial charge on any atom is 0.0374 e. The van der Waals surface area contributed by atoms with Crippen molar-refractivity contribution in [1.82, 2.24) is 5.32 Å². The number of benzene rings is 1. The van der Waals surface area contributed by atoms with Crippen LogP contribution in [0.25, 0.3) is 0 Å². The van der Waals surface area contributed by atoms with Crippen LogP contribution in [0.1, 0.15) is 50.2 Å². The molecule has 106 valence electrons. The molecule has 1 heterocycles.